The first-order valence-electron chi connectivity index (χ1n) is 10.4. The molecule has 2 heterocycles. The number of halogens is 1. The minimum atomic E-state index is 0.746. The quantitative estimate of drug-likeness (QED) is 0.166. The Morgan fingerprint density at radius 3 is 2.00 bits per heavy atom. The van der Waals surface area contributed by atoms with E-state index in [-0.39, 0.29) is 0 Å². The highest BCUT2D eigenvalue weighted by atomic mass is 127. The Morgan fingerprint density at radius 1 is 0.500 bits per heavy atom. The third-order valence-corrected chi connectivity index (χ3v) is 7.27. The summed E-state index contributed by atoms with van der Waals surface area (Å²) in [4.78, 5) is 9.50. The van der Waals surface area contributed by atoms with Gasteiger partial charge in [0, 0.05) is 53.9 Å². The zero-order chi connectivity index (χ0) is 21.5. The van der Waals surface area contributed by atoms with Gasteiger partial charge in [0.2, 0.25) is 0 Å². The fraction of sp³-hybridized carbons (Fsp3) is 0. The molecule has 0 amide bonds. The van der Waals surface area contributed by atoms with Crippen molar-refractivity contribution in [2.24, 2.45) is 0 Å². The lowest BCUT2D eigenvalue weighted by atomic mass is 10.0. The second-order valence-corrected chi connectivity index (χ2v) is 9.71. The van der Waals surface area contributed by atoms with E-state index in [9.17, 15) is 0 Å². The Kier molecular flexibility index (Phi) is 4.97. The van der Waals surface area contributed by atoms with Gasteiger partial charge in [-0.2, -0.15) is 0 Å². The van der Waals surface area contributed by atoms with Crippen LogP contribution >= 0.6 is 33.9 Å². The molecule has 0 N–H and O–H groups in total. The number of benzene rings is 4. The molecule has 0 saturated heterocycles. The lowest BCUT2D eigenvalue weighted by Gasteiger charge is -2.08. The van der Waals surface area contributed by atoms with E-state index in [2.05, 4.69) is 120 Å². The van der Waals surface area contributed by atoms with Gasteiger partial charge in [-0.3, -0.25) is 0 Å². The van der Waals surface area contributed by atoms with Crippen LogP contribution in [0.15, 0.2) is 103 Å². The van der Waals surface area contributed by atoms with E-state index in [1.54, 1.807) is 0 Å². The summed E-state index contributed by atoms with van der Waals surface area (Å²) in [6.45, 7) is 0. The molecule has 0 radical (unpaired) electrons. The van der Waals surface area contributed by atoms with Gasteiger partial charge in [0.1, 0.15) is 0 Å². The average Bonchev–Trinajstić information content (AvgIpc) is 3.22. The standard InChI is InChI=1S/C28H17IN2S/c29-28-30-24(20-10-6-9-19(15-20)18-7-2-1-3-8-18)17-25(31-28)21-13-14-27-23(16-21)22-11-4-5-12-26(22)32-27/h1-17H. The molecule has 4 heteroatoms. The normalized spacial score (nSPS) is 11.3. The molecule has 152 valence electrons. The monoisotopic (exact) mass is 540 g/mol. The Hall–Kier alpha value is -3.09. The lowest BCUT2D eigenvalue weighted by molar-refractivity contribution is 1.12. The molecule has 0 aliphatic carbocycles. The predicted octanol–water partition coefficient (Wildman–Crippen LogP) is 8.45. The first-order valence-corrected chi connectivity index (χ1v) is 12.3. The van der Waals surface area contributed by atoms with Gasteiger partial charge < -0.3 is 0 Å². The smallest absolute Gasteiger partial charge is 0.191 e. The van der Waals surface area contributed by atoms with Crippen LogP contribution < -0.4 is 0 Å². The number of nitrogens with zero attached hydrogens (tertiary/aromatic N) is 2. The van der Waals surface area contributed by atoms with Gasteiger partial charge in [-0.15, -0.1) is 11.3 Å². The first kappa shape index (κ1) is 19.6. The zero-order valence-electron chi connectivity index (χ0n) is 17.0. The van der Waals surface area contributed by atoms with Gasteiger partial charge in [-0.05, 0) is 41.5 Å². The van der Waals surface area contributed by atoms with Crippen LogP contribution in [-0.2, 0) is 0 Å². The minimum absolute atomic E-state index is 0.746. The maximum absolute atomic E-state index is 4.76. The van der Waals surface area contributed by atoms with Gasteiger partial charge in [0.15, 0.2) is 3.83 Å². The summed E-state index contributed by atoms with van der Waals surface area (Å²) in [6.07, 6.45) is 0. The third-order valence-electron chi connectivity index (χ3n) is 5.64. The van der Waals surface area contributed by atoms with Crippen LogP contribution in [0.3, 0.4) is 0 Å². The van der Waals surface area contributed by atoms with Crippen LogP contribution in [0.25, 0.3) is 53.8 Å². The van der Waals surface area contributed by atoms with Crippen molar-refractivity contribution >= 4 is 54.1 Å². The second-order valence-electron chi connectivity index (χ2n) is 7.66. The van der Waals surface area contributed by atoms with Gasteiger partial charge in [0.25, 0.3) is 0 Å². The first-order chi connectivity index (χ1) is 15.7. The van der Waals surface area contributed by atoms with Crippen LogP contribution in [-0.4, -0.2) is 9.97 Å². The fourth-order valence-corrected chi connectivity index (χ4v) is 5.69. The lowest BCUT2D eigenvalue weighted by Crippen LogP contribution is -1.95. The maximum Gasteiger partial charge on any atom is 0.191 e. The average molecular weight is 540 g/mol. The Bertz CT molecular complexity index is 1590. The molecular weight excluding hydrogens is 523 g/mol. The molecule has 32 heavy (non-hydrogen) atoms. The molecule has 2 nitrogen and oxygen atoms in total. The van der Waals surface area contributed by atoms with E-state index < -0.39 is 0 Å². The Morgan fingerprint density at radius 2 is 1.16 bits per heavy atom. The van der Waals surface area contributed by atoms with Crippen molar-refractivity contribution < 1.29 is 0 Å². The molecule has 0 spiro atoms. The molecule has 0 saturated carbocycles. The van der Waals surface area contributed by atoms with E-state index in [0.29, 0.717) is 0 Å². The molecule has 2 aromatic heterocycles. The molecule has 4 aromatic carbocycles. The van der Waals surface area contributed by atoms with Crippen molar-refractivity contribution in [1.29, 1.82) is 0 Å². The summed E-state index contributed by atoms with van der Waals surface area (Å²) < 4.78 is 3.36. The Labute approximate surface area is 203 Å². The molecule has 0 aliphatic rings. The van der Waals surface area contributed by atoms with Crippen LogP contribution in [0.4, 0.5) is 0 Å². The highest BCUT2D eigenvalue weighted by Gasteiger charge is 2.11. The van der Waals surface area contributed by atoms with Crippen molar-refractivity contribution in [2.45, 2.75) is 0 Å². The third kappa shape index (κ3) is 3.59. The molecule has 6 rings (SSSR count). The molecule has 0 aliphatic heterocycles. The second kappa shape index (κ2) is 8.11. The number of hydrogen-bond donors (Lipinski definition) is 0. The van der Waals surface area contributed by atoms with Crippen molar-refractivity contribution in [3.8, 4) is 33.6 Å². The van der Waals surface area contributed by atoms with Crippen LogP contribution in [0, 0.1) is 3.83 Å². The Balaban J connectivity index is 1.46. The van der Waals surface area contributed by atoms with Crippen molar-refractivity contribution in [3.63, 3.8) is 0 Å². The molecule has 0 unspecified atom stereocenters. The van der Waals surface area contributed by atoms with Crippen LogP contribution in [0.5, 0.6) is 0 Å². The van der Waals surface area contributed by atoms with E-state index >= 15 is 0 Å². The highest BCUT2D eigenvalue weighted by Crippen LogP contribution is 2.36. The van der Waals surface area contributed by atoms with E-state index in [1.807, 2.05) is 17.4 Å². The predicted molar refractivity (Wildman–Crippen MR) is 144 cm³/mol. The summed E-state index contributed by atoms with van der Waals surface area (Å²) >= 11 is 4.05. The van der Waals surface area contributed by atoms with Crippen molar-refractivity contribution in [3.05, 3.63) is 107 Å². The van der Waals surface area contributed by atoms with E-state index in [4.69, 9.17) is 9.97 Å². The number of hydrogen-bond acceptors (Lipinski definition) is 3. The van der Waals surface area contributed by atoms with Gasteiger partial charge >= 0.3 is 0 Å². The van der Waals surface area contributed by atoms with E-state index in [0.717, 1.165) is 26.3 Å². The van der Waals surface area contributed by atoms with E-state index in [1.165, 1.54) is 31.3 Å². The van der Waals surface area contributed by atoms with Crippen LogP contribution in [0.2, 0.25) is 0 Å². The topological polar surface area (TPSA) is 25.8 Å². The maximum atomic E-state index is 4.76. The summed E-state index contributed by atoms with van der Waals surface area (Å²) in [6, 6.07) is 36.3. The minimum Gasteiger partial charge on any atom is -0.223 e. The molecule has 0 atom stereocenters. The summed E-state index contributed by atoms with van der Waals surface area (Å²) in [5.41, 5.74) is 6.48. The van der Waals surface area contributed by atoms with Crippen molar-refractivity contribution in [2.75, 3.05) is 0 Å². The van der Waals surface area contributed by atoms with Crippen molar-refractivity contribution in [1.82, 2.24) is 9.97 Å². The number of aromatic nitrogens is 2. The molecule has 6 aromatic rings. The summed E-state index contributed by atoms with van der Waals surface area (Å²) in [7, 11) is 0. The molecule has 0 fully saturated rings. The zero-order valence-corrected chi connectivity index (χ0v) is 20.0. The number of rotatable bonds is 3. The van der Waals surface area contributed by atoms with Gasteiger partial charge in [-0.25, -0.2) is 9.97 Å². The number of fused-ring (bicyclic) bond motifs is 3. The highest BCUT2D eigenvalue weighted by molar-refractivity contribution is 14.1. The van der Waals surface area contributed by atoms with Gasteiger partial charge in [-0.1, -0.05) is 72.8 Å². The summed E-state index contributed by atoms with van der Waals surface area (Å²) in [5, 5.41) is 2.58. The molecule has 0 bridgehead atoms. The van der Waals surface area contributed by atoms with Crippen LogP contribution in [0.1, 0.15) is 0 Å². The SMILES string of the molecule is Ic1nc(-c2cccc(-c3ccccc3)c2)cc(-c2ccc3sc4ccccc4c3c2)n1. The largest absolute Gasteiger partial charge is 0.223 e. The fourth-order valence-electron chi connectivity index (χ4n) is 4.09. The van der Waals surface area contributed by atoms with Gasteiger partial charge in [0.05, 0.1) is 11.4 Å². The number of thiophene rings is 1. The summed E-state index contributed by atoms with van der Waals surface area (Å²) in [5.74, 6) is 0. The molecular formula is C28H17IN2S.